The topological polar surface area (TPSA) is 92.5 Å². The molecular formula is C16H18ClN3O4. The van der Waals surface area contributed by atoms with E-state index in [2.05, 4.69) is 5.32 Å². The standard InChI is InChI=1S/C16H18ClN3O4/c17-13-6-5-12(20(23)24)8-14(13)18-16(22)10-7-15(21)19(9-10)11-3-1-2-4-11/h5-6,8,10-11H,1-4,7,9H2,(H,18,22)/t10-/m1/s1. The number of nitro groups is 1. The summed E-state index contributed by atoms with van der Waals surface area (Å²) in [5.74, 6) is -0.771. The van der Waals surface area contributed by atoms with Gasteiger partial charge in [-0.25, -0.2) is 0 Å². The predicted octanol–water partition coefficient (Wildman–Crippen LogP) is 2.98. The SMILES string of the molecule is O=C(Nc1cc([N+](=O)[O-])ccc1Cl)[C@@H]1CC(=O)N(C2CCCC2)C1. The lowest BCUT2D eigenvalue weighted by atomic mass is 10.1. The summed E-state index contributed by atoms with van der Waals surface area (Å²) in [4.78, 5) is 36.7. The highest BCUT2D eigenvalue weighted by atomic mass is 35.5. The van der Waals surface area contributed by atoms with Gasteiger partial charge in [-0.2, -0.15) is 0 Å². The van der Waals surface area contributed by atoms with Gasteiger partial charge in [0.15, 0.2) is 0 Å². The van der Waals surface area contributed by atoms with Crippen LogP contribution in [0.5, 0.6) is 0 Å². The first-order chi connectivity index (χ1) is 11.5. The van der Waals surface area contributed by atoms with Crippen molar-refractivity contribution in [3.63, 3.8) is 0 Å². The molecule has 8 heteroatoms. The molecule has 2 aliphatic rings. The Balaban J connectivity index is 1.68. The first-order valence-corrected chi connectivity index (χ1v) is 8.38. The Labute approximate surface area is 144 Å². The maximum atomic E-state index is 12.4. The number of hydrogen-bond donors (Lipinski definition) is 1. The number of nitrogens with zero attached hydrogens (tertiary/aromatic N) is 2. The Hall–Kier alpha value is -2.15. The summed E-state index contributed by atoms with van der Waals surface area (Å²) in [5.41, 5.74) is 0.0485. The average Bonchev–Trinajstić information content (AvgIpc) is 3.18. The van der Waals surface area contributed by atoms with Crippen molar-refractivity contribution < 1.29 is 14.5 Å². The van der Waals surface area contributed by atoms with Crippen molar-refractivity contribution in [2.24, 2.45) is 5.92 Å². The number of likely N-dealkylation sites (tertiary alicyclic amines) is 1. The number of halogens is 1. The molecule has 7 nitrogen and oxygen atoms in total. The number of rotatable bonds is 4. The molecule has 1 aromatic carbocycles. The molecule has 1 aliphatic heterocycles. The molecule has 3 rings (SSSR count). The Morgan fingerprint density at radius 3 is 2.71 bits per heavy atom. The zero-order chi connectivity index (χ0) is 17.3. The molecule has 1 aromatic rings. The maximum absolute atomic E-state index is 12.4. The van der Waals surface area contributed by atoms with Crippen LogP contribution < -0.4 is 5.32 Å². The second-order valence-corrected chi connectivity index (χ2v) is 6.70. The largest absolute Gasteiger partial charge is 0.339 e. The molecule has 0 radical (unpaired) electrons. The van der Waals surface area contributed by atoms with E-state index in [4.69, 9.17) is 11.6 Å². The Morgan fingerprint density at radius 2 is 2.04 bits per heavy atom. The first kappa shape index (κ1) is 16.7. The molecule has 0 aromatic heterocycles. The number of amides is 2. The van der Waals surface area contributed by atoms with Crippen LogP contribution in [-0.2, 0) is 9.59 Å². The monoisotopic (exact) mass is 351 g/mol. The van der Waals surface area contributed by atoms with Crippen molar-refractivity contribution in [2.45, 2.75) is 38.1 Å². The Kier molecular flexibility index (Phi) is 4.71. The lowest BCUT2D eigenvalue weighted by Crippen LogP contribution is -2.35. The van der Waals surface area contributed by atoms with Crippen molar-refractivity contribution >= 4 is 34.8 Å². The van der Waals surface area contributed by atoms with Gasteiger partial charge in [0.1, 0.15) is 0 Å². The summed E-state index contributed by atoms with van der Waals surface area (Å²) in [6.07, 6.45) is 4.41. The highest BCUT2D eigenvalue weighted by molar-refractivity contribution is 6.33. The molecule has 1 heterocycles. The van der Waals surface area contributed by atoms with E-state index in [9.17, 15) is 19.7 Å². The highest BCUT2D eigenvalue weighted by Crippen LogP contribution is 2.31. The van der Waals surface area contributed by atoms with Crippen LogP contribution in [0, 0.1) is 16.0 Å². The Bertz CT molecular complexity index is 688. The van der Waals surface area contributed by atoms with Crippen LogP contribution >= 0.6 is 11.6 Å². The number of carbonyl (C=O) groups is 2. The number of hydrogen-bond acceptors (Lipinski definition) is 4. The molecule has 0 unspecified atom stereocenters. The van der Waals surface area contributed by atoms with Crippen molar-refractivity contribution in [3.8, 4) is 0 Å². The summed E-state index contributed by atoms with van der Waals surface area (Å²) in [5, 5.41) is 13.7. The third-order valence-corrected chi connectivity index (χ3v) is 5.04. The van der Waals surface area contributed by atoms with Gasteiger partial charge >= 0.3 is 0 Å². The quantitative estimate of drug-likeness (QED) is 0.666. The third kappa shape index (κ3) is 3.36. The fraction of sp³-hybridized carbons (Fsp3) is 0.500. The van der Waals surface area contributed by atoms with E-state index in [1.54, 1.807) is 0 Å². The zero-order valence-corrected chi connectivity index (χ0v) is 13.8. The summed E-state index contributed by atoms with van der Waals surface area (Å²) >= 11 is 6.00. The molecule has 24 heavy (non-hydrogen) atoms. The van der Waals surface area contributed by atoms with Crippen LogP contribution in [0.3, 0.4) is 0 Å². The Morgan fingerprint density at radius 1 is 1.33 bits per heavy atom. The van der Waals surface area contributed by atoms with Crippen LogP contribution in [0.25, 0.3) is 0 Å². The van der Waals surface area contributed by atoms with Crippen LogP contribution in [0.1, 0.15) is 32.1 Å². The van der Waals surface area contributed by atoms with Gasteiger partial charge < -0.3 is 10.2 Å². The average molecular weight is 352 g/mol. The molecule has 0 spiro atoms. The van der Waals surface area contributed by atoms with Gasteiger partial charge in [-0.1, -0.05) is 24.4 Å². The summed E-state index contributed by atoms with van der Waals surface area (Å²) < 4.78 is 0. The molecule has 128 valence electrons. The van der Waals surface area contributed by atoms with Crippen LogP contribution in [0.4, 0.5) is 11.4 Å². The number of non-ortho nitro benzene ring substituents is 1. The molecule has 2 fully saturated rings. The minimum absolute atomic E-state index is 0.00666. The van der Waals surface area contributed by atoms with E-state index in [0.717, 1.165) is 25.7 Å². The number of nitrogens with one attached hydrogen (secondary N) is 1. The predicted molar refractivity (Wildman–Crippen MR) is 88.8 cm³/mol. The first-order valence-electron chi connectivity index (χ1n) is 8.00. The third-order valence-electron chi connectivity index (χ3n) is 4.71. The minimum atomic E-state index is -0.549. The molecule has 0 bridgehead atoms. The van der Waals surface area contributed by atoms with Gasteiger partial charge in [0.05, 0.1) is 21.6 Å². The maximum Gasteiger partial charge on any atom is 0.271 e. The number of benzene rings is 1. The second kappa shape index (κ2) is 6.76. The van der Waals surface area contributed by atoms with E-state index in [-0.39, 0.29) is 40.7 Å². The minimum Gasteiger partial charge on any atom is -0.339 e. The fourth-order valence-corrected chi connectivity index (χ4v) is 3.60. The summed E-state index contributed by atoms with van der Waals surface area (Å²) in [6.45, 7) is 0.405. The van der Waals surface area contributed by atoms with Gasteiger partial charge in [0.2, 0.25) is 11.8 Å². The van der Waals surface area contributed by atoms with Crippen LogP contribution in [-0.4, -0.2) is 34.2 Å². The zero-order valence-electron chi connectivity index (χ0n) is 13.0. The second-order valence-electron chi connectivity index (χ2n) is 6.30. The smallest absolute Gasteiger partial charge is 0.271 e. The van der Waals surface area contributed by atoms with Crippen molar-refractivity contribution in [1.82, 2.24) is 4.90 Å². The molecular weight excluding hydrogens is 334 g/mol. The van der Waals surface area contributed by atoms with E-state index in [1.165, 1.54) is 18.2 Å². The van der Waals surface area contributed by atoms with Crippen LogP contribution in [0.15, 0.2) is 18.2 Å². The molecule has 1 aliphatic carbocycles. The van der Waals surface area contributed by atoms with Gasteiger partial charge in [0.25, 0.3) is 5.69 Å². The molecule has 1 saturated heterocycles. The number of nitro benzene ring substituents is 1. The summed E-state index contributed by atoms with van der Waals surface area (Å²) in [6, 6.07) is 4.13. The van der Waals surface area contributed by atoms with E-state index >= 15 is 0 Å². The normalized spacial score (nSPS) is 21.3. The number of carbonyl (C=O) groups excluding carboxylic acids is 2. The van der Waals surface area contributed by atoms with Crippen molar-refractivity contribution in [2.75, 3.05) is 11.9 Å². The van der Waals surface area contributed by atoms with Gasteiger partial charge in [-0.15, -0.1) is 0 Å². The van der Waals surface area contributed by atoms with E-state index < -0.39 is 10.8 Å². The fourth-order valence-electron chi connectivity index (χ4n) is 3.43. The van der Waals surface area contributed by atoms with Crippen molar-refractivity contribution in [1.29, 1.82) is 0 Å². The van der Waals surface area contributed by atoms with Gasteiger partial charge in [0, 0.05) is 31.1 Å². The van der Waals surface area contributed by atoms with E-state index in [0.29, 0.717) is 6.54 Å². The molecule has 1 N–H and O–H groups in total. The van der Waals surface area contributed by atoms with Crippen LogP contribution in [0.2, 0.25) is 5.02 Å². The molecule has 1 saturated carbocycles. The summed E-state index contributed by atoms with van der Waals surface area (Å²) in [7, 11) is 0. The van der Waals surface area contributed by atoms with Crippen molar-refractivity contribution in [3.05, 3.63) is 33.3 Å². The highest BCUT2D eigenvalue weighted by Gasteiger charge is 2.38. The lowest BCUT2D eigenvalue weighted by molar-refractivity contribution is -0.384. The molecule has 2 amide bonds. The van der Waals surface area contributed by atoms with Gasteiger partial charge in [-0.3, -0.25) is 19.7 Å². The molecule has 1 atom stereocenters. The van der Waals surface area contributed by atoms with E-state index in [1.807, 2.05) is 4.90 Å². The lowest BCUT2D eigenvalue weighted by Gasteiger charge is -2.23. The van der Waals surface area contributed by atoms with Gasteiger partial charge in [-0.05, 0) is 18.9 Å². The number of anilines is 1.